The zero-order valence-corrected chi connectivity index (χ0v) is 10.1. The van der Waals surface area contributed by atoms with Crippen molar-refractivity contribution in [3.8, 4) is 0 Å². The smallest absolute Gasteiger partial charge is 0.326 e. The fourth-order valence-electron chi connectivity index (χ4n) is 1.43. The number of carboxylic acids is 1. The average Bonchev–Trinajstić information content (AvgIpc) is 2.38. The summed E-state index contributed by atoms with van der Waals surface area (Å²) in [4.78, 5) is 26.5. The first-order valence-electron chi connectivity index (χ1n) is 5.57. The van der Waals surface area contributed by atoms with Gasteiger partial charge < -0.3 is 15.2 Å². The van der Waals surface area contributed by atoms with Crippen LogP contribution in [0.2, 0.25) is 0 Å². The number of carbonyl (C=O) groups excluding carboxylic acids is 1. The quantitative estimate of drug-likeness (QED) is 0.697. The summed E-state index contributed by atoms with van der Waals surface area (Å²) >= 11 is 0. The Morgan fingerprint density at radius 1 is 1.56 bits per heavy atom. The molecule has 1 aromatic rings. The van der Waals surface area contributed by atoms with E-state index in [4.69, 9.17) is 9.84 Å². The zero-order valence-electron chi connectivity index (χ0n) is 10.1. The molecule has 0 fully saturated rings. The van der Waals surface area contributed by atoms with Crippen LogP contribution in [-0.2, 0) is 9.53 Å². The highest BCUT2D eigenvalue weighted by Gasteiger charge is 2.20. The number of amides is 1. The van der Waals surface area contributed by atoms with Crippen molar-refractivity contribution in [3.05, 3.63) is 30.1 Å². The molecule has 0 bridgehead atoms. The number of nitrogens with one attached hydrogen (secondary N) is 1. The van der Waals surface area contributed by atoms with E-state index in [1.54, 1.807) is 25.4 Å². The maximum absolute atomic E-state index is 11.7. The van der Waals surface area contributed by atoms with E-state index in [0.717, 1.165) is 0 Å². The molecule has 1 rings (SSSR count). The molecule has 1 atom stereocenters. The number of nitrogens with zero attached hydrogens (tertiary/aromatic N) is 1. The number of aliphatic carboxylic acids is 1. The molecule has 0 aliphatic rings. The van der Waals surface area contributed by atoms with Gasteiger partial charge >= 0.3 is 5.97 Å². The second kappa shape index (κ2) is 7.39. The number of hydrogen-bond acceptors (Lipinski definition) is 4. The Balaban J connectivity index is 2.55. The third-order valence-electron chi connectivity index (χ3n) is 2.37. The number of carbonyl (C=O) groups is 2. The summed E-state index contributed by atoms with van der Waals surface area (Å²) in [5.41, 5.74) is 0.343. The fraction of sp³-hybridized carbons (Fsp3) is 0.417. The molecular formula is C12H16N2O4. The van der Waals surface area contributed by atoms with Gasteiger partial charge in [0.1, 0.15) is 6.04 Å². The lowest BCUT2D eigenvalue weighted by molar-refractivity contribution is -0.139. The minimum Gasteiger partial charge on any atom is -0.480 e. The highest BCUT2D eigenvalue weighted by atomic mass is 16.5. The Morgan fingerprint density at radius 2 is 2.33 bits per heavy atom. The molecule has 98 valence electrons. The van der Waals surface area contributed by atoms with Gasteiger partial charge in [-0.15, -0.1) is 0 Å². The van der Waals surface area contributed by atoms with Crippen LogP contribution in [0.25, 0.3) is 0 Å². The van der Waals surface area contributed by atoms with Gasteiger partial charge in [-0.05, 0) is 25.0 Å². The number of methoxy groups -OCH3 is 1. The highest BCUT2D eigenvalue weighted by molar-refractivity contribution is 5.96. The molecule has 0 aliphatic heterocycles. The van der Waals surface area contributed by atoms with Gasteiger partial charge in [0, 0.05) is 26.1 Å². The van der Waals surface area contributed by atoms with Crippen molar-refractivity contribution in [1.82, 2.24) is 10.3 Å². The second-order valence-corrected chi connectivity index (χ2v) is 3.74. The standard InChI is InChI=1S/C12H16N2O4/c1-18-7-3-5-10(12(16)17)14-11(15)9-4-2-6-13-8-9/h2,4,6,8,10H,3,5,7H2,1H3,(H,14,15)(H,16,17). The molecule has 1 aromatic heterocycles. The Kier molecular flexibility index (Phi) is 5.79. The molecule has 1 unspecified atom stereocenters. The maximum Gasteiger partial charge on any atom is 0.326 e. The lowest BCUT2D eigenvalue weighted by Crippen LogP contribution is -2.40. The van der Waals surface area contributed by atoms with Gasteiger partial charge in [-0.25, -0.2) is 4.79 Å². The largest absolute Gasteiger partial charge is 0.480 e. The summed E-state index contributed by atoms with van der Waals surface area (Å²) in [5, 5.41) is 11.5. The van der Waals surface area contributed by atoms with Crippen molar-refractivity contribution in [2.24, 2.45) is 0 Å². The molecule has 2 N–H and O–H groups in total. The molecule has 1 amide bonds. The summed E-state index contributed by atoms with van der Waals surface area (Å²) in [7, 11) is 1.55. The predicted octanol–water partition coefficient (Wildman–Crippen LogP) is 0.691. The fourth-order valence-corrected chi connectivity index (χ4v) is 1.43. The minimum atomic E-state index is -1.05. The summed E-state index contributed by atoms with van der Waals surface area (Å²) in [5.74, 6) is -1.49. The van der Waals surface area contributed by atoms with E-state index in [0.29, 0.717) is 25.0 Å². The lowest BCUT2D eigenvalue weighted by atomic mass is 10.1. The molecule has 18 heavy (non-hydrogen) atoms. The van der Waals surface area contributed by atoms with Crippen molar-refractivity contribution < 1.29 is 19.4 Å². The first kappa shape index (κ1) is 14.1. The molecule has 6 nitrogen and oxygen atoms in total. The molecule has 0 aromatic carbocycles. The molecule has 0 aliphatic carbocycles. The van der Waals surface area contributed by atoms with Crippen LogP contribution in [0.3, 0.4) is 0 Å². The van der Waals surface area contributed by atoms with E-state index in [2.05, 4.69) is 10.3 Å². The monoisotopic (exact) mass is 252 g/mol. The van der Waals surface area contributed by atoms with Crippen molar-refractivity contribution >= 4 is 11.9 Å². The molecule has 1 heterocycles. The van der Waals surface area contributed by atoms with Crippen molar-refractivity contribution in [2.75, 3.05) is 13.7 Å². The van der Waals surface area contributed by atoms with Gasteiger partial charge in [0.25, 0.3) is 5.91 Å². The van der Waals surface area contributed by atoms with Crippen LogP contribution in [0, 0.1) is 0 Å². The summed E-state index contributed by atoms with van der Waals surface area (Å²) in [6.45, 7) is 0.465. The van der Waals surface area contributed by atoms with Crippen molar-refractivity contribution in [2.45, 2.75) is 18.9 Å². The van der Waals surface area contributed by atoms with Crippen LogP contribution in [-0.4, -0.2) is 41.7 Å². The van der Waals surface area contributed by atoms with Gasteiger partial charge in [0.05, 0.1) is 5.56 Å². The van der Waals surface area contributed by atoms with Gasteiger partial charge in [0.2, 0.25) is 0 Å². The van der Waals surface area contributed by atoms with Crippen LogP contribution in [0.5, 0.6) is 0 Å². The van der Waals surface area contributed by atoms with Crippen molar-refractivity contribution in [3.63, 3.8) is 0 Å². The van der Waals surface area contributed by atoms with Crippen LogP contribution in [0.1, 0.15) is 23.2 Å². The zero-order chi connectivity index (χ0) is 13.4. The summed E-state index contributed by atoms with van der Waals surface area (Å²) < 4.78 is 4.85. The molecular weight excluding hydrogens is 236 g/mol. The third kappa shape index (κ3) is 4.50. The number of hydrogen-bond donors (Lipinski definition) is 2. The Hall–Kier alpha value is -1.95. The Labute approximate surface area is 105 Å². The lowest BCUT2D eigenvalue weighted by Gasteiger charge is -2.14. The molecule has 0 saturated heterocycles. The Bertz CT molecular complexity index is 394. The normalized spacial score (nSPS) is 11.8. The van der Waals surface area contributed by atoms with E-state index < -0.39 is 17.9 Å². The minimum absolute atomic E-state index is 0.329. The number of rotatable bonds is 7. The summed E-state index contributed by atoms with van der Waals surface area (Å²) in [6.07, 6.45) is 3.84. The molecule has 0 radical (unpaired) electrons. The van der Waals surface area contributed by atoms with Gasteiger partial charge in [-0.3, -0.25) is 9.78 Å². The second-order valence-electron chi connectivity index (χ2n) is 3.74. The number of aromatic nitrogens is 1. The van der Waals surface area contributed by atoms with E-state index >= 15 is 0 Å². The van der Waals surface area contributed by atoms with E-state index in [1.807, 2.05) is 0 Å². The van der Waals surface area contributed by atoms with E-state index in [9.17, 15) is 9.59 Å². The van der Waals surface area contributed by atoms with Crippen LogP contribution >= 0.6 is 0 Å². The Morgan fingerprint density at radius 3 is 2.89 bits per heavy atom. The number of ether oxygens (including phenoxy) is 1. The van der Waals surface area contributed by atoms with E-state index in [1.165, 1.54) is 6.20 Å². The van der Waals surface area contributed by atoms with Crippen molar-refractivity contribution in [1.29, 1.82) is 0 Å². The highest BCUT2D eigenvalue weighted by Crippen LogP contribution is 2.02. The maximum atomic E-state index is 11.7. The average molecular weight is 252 g/mol. The SMILES string of the molecule is COCCCC(NC(=O)c1cccnc1)C(=O)O. The van der Waals surface area contributed by atoms with Crippen LogP contribution < -0.4 is 5.32 Å². The number of pyridine rings is 1. The topological polar surface area (TPSA) is 88.5 Å². The van der Waals surface area contributed by atoms with Crippen LogP contribution in [0.4, 0.5) is 0 Å². The first-order valence-corrected chi connectivity index (χ1v) is 5.57. The molecule has 0 spiro atoms. The van der Waals surface area contributed by atoms with Gasteiger partial charge in [-0.1, -0.05) is 0 Å². The van der Waals surface area contributed by atoms with Gasteiger partial charge in [0.15, 0.2) is 0 Å². The first-order chi connectivity index (χ1) is 8.65. The molecule has 6 heteroatoms. The van der Waals surface area contributed by atoms with E-state index in [-0.39, 0.29) is 0 Å². The summed E-state index contributed by atoms with van der Waals surface area (Å²) in [6, 6.07) is 2.29. The third-order valence-corrected chi connectivity index (χ3v) is 2.37. The predicted molar refractivity (Wildman–Crippen MR) is 64.2 cm³/mol. The molecule has 0 saturated carbocycles. The van der Waals surface area contributed by atoms with Crippen LogP contribution in [0.15, 0.2) is 24.5 Å². The van der Waals surface area contributed by atoms with Gasteiger partial charge in [-0.2, -0.15) is 0 Å². The number of carboxylic acid groups (broad SMARTS) is 1.